The largest absolute Gasteiger partial charge is 0.494 e. The molecule has 0 radical (unpaired) electrons. The first-order valence-corrected chi connectivity index (χ1v) is 14.3. The third kappa shape index (κ3) is 7.78. The molecule has 2 aromatic heterocycles. The summed E-state index contributed by atoms with van der Waals surface area (Å²) in [7, 11) is 0. The van der Waals surface area contributed by atoms with Crippen LogP contribution in [-0.2, 0) is 0 Å². The summed E-state index contributed by atoms with van der Waals surface area (Å²) in [6, 6.07) is 15.1. The fourth-order valence-electron chi connectivity index (χ4n) is 5.39. The minimum atomic E-state index is -0.0833. The summed E-state index contributed by atoms with van der Waals surface area (Å²) >= 11 is 6.02. The van der Waals surface area contributed by atoms with Crippen LogP contribution in [0.1, 0.15) is 71.9 Å². The zero-order chi connectivity index (χ0) is 27.8. The molecule has 4 rings (SSSR count). The minimum Gasteiger partial charge on any atom is -0.494 e. The van der Waals surface area contributed by atoms with Crippen molar-refractivity contribution < 1.29 is 9.53 Å². The number of carbonyl (C=O) groups excluding carboxylic acids is 1. The third-order valence-corrected chi connectivity index (χ3v) is 7.73. The standard InChI is InChI=1S/C31H40ClN5O2/c1-5-39-27-10-8-24(9-11-27)30(25-7-6-15-33-20-25)36-26-13-17-37(18-14-26)22(3)12-16-34-31(38)29-21(2)19-28(32)35-23(29)4/h6-11,15,19-20,22,26,30,36H,5,12-14,16-18H2,1-4H3,(H,34,38)/t22-,30?/m1/s1. The maximum Gasteiger partial charge on any atom is 0.253 e. The molecule has 7 nitrogen and oxygen atoms in total. The van der Waals surface area contributed by atoms with Crippen molar-refractivity contribution in [1.82, 2.24) is 25.5 Å². The lowest BCUT2D eigenvalue weighted by Gasteiger charge is -2.38. The molecular formula is C31H40ClN5O2. The van der Waals surface area contributed by atoms with Crippen LogP contribution in [0.15, 0.2) is 54.9 Å². The Kier molecular flexibility index (Phi) is 10.3. The second-order valence-electron chi connectivity index (χ2n) is 10.3. The zero-order valence-corrected chi connectivity index (χ0v) is 24.2. The fourth-order valence-corrected chi connectivity index (χ4v) is 5.68. The predicted molar refractivity (Wildman–Crippen MR) is 157 cm³/mol. The molecule has 1 amide bonds. The van der Waals surface area contributed by atoms with Gasteiger partial charge in [-0.05, 0) is 101 Å². The lowest BCUT2D eigenvalue weighted by atomic mass is 9.96. The molecule has 1 saturated heterocycles. The number of pyridine rings is 2. The number of nitrogens with zero attached hydrogens (tertiary/aromatic N) is 3. The number of ether oxygens (including phenoxy) is 1. The first kappa shape index (κ1) is 29.0. The predicted octanol–water partition coefficient (Wildman–Crippen LogP) is 5.50. The van der Waals surface area contributed by atoms with Crippen LogP contribution in [0.4, 0.5) is 0 Å². The number of aryl methyl sites for hydroxylation is 2. The van der Waals surface area contributed by atoms with E-state index >= 15 is 0 Å². The number of carbonyl (C=O) groups is 1. The molecule has 1 aromatic carbocycles. The molecule has 0 spiro atoms. The van der Waals surface area contributed by atoms with Gasteiger partial charge >= 0.3 is 0 Å². The Morgan fingerprint density at radius 3 is 2.54 bits per heavy atom. The van der Waals surface area contributed by atoms with E-state index in [-0.39, 0.29) is 11.9 Å². The lowest BCUT2D eigenvalue weighted by Crippen LogP contribution is -2.47. The van der Waals surface area contributed by atoms with Crippen molar-refractivity contribution in [3.05, 3.63) is 88.0 Å². The average Bonchev–Trinajstić information content (AvgIpc) is 2.92. The number of halogens is 1. The number of rotatable bonds is 11. The van der Waals surface area contributed by atoms with Gasteiger partial charge in [-0.3, -0.25) is 9.78 Å². The average molecular weight is 550 g/mol. The highest BCUT2D eigenvalue weighted by molar-refractivity contribution is 6.29. The molecule has 39 heavy (non-hydrogen) atoms. The Hall–Kier alpha value is -3.00. The van der Waals surface area contributed by atoms with Crippen LogP contribution in [0.5, 0.6) is 5.75 Å². The van der Waals surface area contributed by atoms with E-state index in [1.54, 1.807) is 6.07 Å². The molecule has 1 aliphatic heterocycles. The van der Waals surface area contributed by atoms with E-state index in [9.17, 15) is 4.79 Å². The van der Waals surface area contributed by atoms with E-state index in [1.807, 2.05) is 51.4 Å². The van der Waals surface area contributed by atoms with Crippen molar-refractivity contribution >= 4 is 17.5 Å². The third-order valence-electron chi connectivity index (χ3n) is 7.54. The number of piperidine rings is 1. The molecule has 0 bridgehead atoms. The number of amides is 1. The monoisotopic (exact) mass is 549 g/mol. The van der Waals surface area contributed by atoms with Crippen LogP contribution in [0.25, 0.3) is 0 Å². The summed E-state index contributed by atoms with van der Waals surface area (Å²) in [6.45, 7) is 11.3. The SMILES string of the molecule is CCOc1ccc(C(NC2CCN([C@H](C)CCNC(=O)c3c(C)cc(Cl)nc3C)CC2)c2cccnc2)cc1. The van der Waals surface area contributed by atoms with Gasteiger partial charge in [0.15, 0.2) is 0 Å². The van der Waals surface area contributed by atoms with Crippen molar-refractivity contribution in [2.45, 2.75) is 65.1 Å². The summed E-state index contributed by atoms with van der Waals surface area (Å²) in [4.78, 5) is 23.9. The van der Waals surface area contributed by atoms with Crippen LogP contribution < -0.4 is 15.4 Å². The second-order valence-corrected chi connectivity index (χ2v) is 10.7. The number of benzene rings is 1. The van der Waals surface area contributed by atoms with Crippen molar-refractivity contribution in [3.8, 4) is 5.75 Å². The molecule has 208 valence electrons. The van der Waals surface area contributed by atoms with E-state index in [1.165, 1.54) is 5.56 Å². The quantitative estimate of drug-likeness (QED) is 0.308. The molecule has 1 unspecified atom stereocenters. The maximum absolute atomic E-state index is 12.8. The van der Waals surface area contributed by atoms with Crippen molar-refractivity contribution in [1.29, 1.82) is 0 Å². The number of hydrogen-bond acceptors (Lipinski definition) is 6. The van der Waals surface area contributed by atoms with Gasteiger partial charge in [-0.2, -0.15) is 0 Å². The Bertz CT molecular complexity index is 1190. The van der Waals surface area contributed by atoms with Crippen LogP contribution in [0, 0.1) is 13.8 Å². The highest BCUT2D eigenvalue weighted by atomic mass is 35.5. The van der Waals surface area contributed by atoms with Gasteiger partial charge in [-0.25, -0.2) is 4.98 Å². The fraction of sp³-hybridized carbons (Fsp3) is 0.452. The smallest absolute Gasteiger partial charge is 0.253 e. The molecular weight excluding hydrogens is 510 g/mol. The van der Waals surface area contributed by atoms with Crippen LogP contribution in [0.3, 0.4) is 0 Å². The van der Waals surface area contributed by atoms with E-state index < -0.39 is 0 Å². The van der Waals surface area contributed by atoms with E-state index in [0.717, 1.165) is 49.2 Å². The first-order valence-electron chi connectivity index (χ1n) is 13.9. The molecule has 3 aromatic rings. The van der Waals surface area contributed by atoms with Gasteiger partial charge in [-0.15, -0.1) is 0 Å². The topological polar surface area (TPSA) is 79.4 Å². The second kappa shape index (κ2) is 13.9. The van der Waals surface area contributed by atoms with Gasteiger partial charge in [-0.1, -0.05) is 29.8 Å². The Labute approximate surface area is 237 Å². The Morgan fingerprint density at radius 2 is 1.90 bits per heavy atom. The summed E-state index contributed by atoms with van der Waals surface area (Å²) in [5.41, 5.74) is 4.50. The number of likely N-dealkylation sites (tertiary alicyclic amines) is 1. The Morgan fingerprint density at radius 1 is 1.15 bits per heavy atom. The van der Waals surface area contributed by atoms with E-state index in [2.05, 4.69) is 50.6 Å². The van der Waals surface area contributed by atoms with Crippen molar-refractivity contribution in [2.24, 2.45) is 0 Å². The number of nitrogens with one attached hydrogen (secondary N) is 2. The summed E-state index contributed by atoms with van der Waals surface area (Å²) in [5, 5.41) is 7.40. The van der Waals surface area contributed by atoms with E-state index in [4.69, 9.17) is 16.3 Å². The van der Waals surface area contributed by atoms with Gasteiger partial charge in [0.1, 0.15) is 10.9 Å². The first-order chi connectivity index (χ1) is 18.9. The van der Waals surface area contributed by atoms with E-state index in [0.29, 0.717) is 41.6 Å². The van der Waals surface area contributed by atoms with Crippen molar-refractivity contribution in [2.75, 3.05) is 26.2 Å². The summed E-state index contributed by atoms with van der Waals surface area (Å²) in [5.74, 6) is 0.805. The molecule has 0 saturated carbocycles. The molecule has 2 atom stereocenters. The molecule has 3 heterocycles. The van der Waals surface area contributed by atoms with Gasteiger partial charge < -0.3 is 20.3 Å². The summed E-state index contributed by atoms with van der Waals surface area (Å²) in [6.07, 6.45) is 6.80. The van der Waals surface area contributed by atoms with Crippen LogP contribution in [-0.4, -0.2) is 59.1 Å². The van der Waals surface area contributed by atoms with Gasteiger partial charge in [0.25, 0.3) is 5.91 Å². The highest BCUT2D eigenvalue weighted by Crippen LogP contribution is 2.26. The van der Waals surface area contributed by atoms with Crippen LogP contribution in [0.2, 0.25) is 5.15 Å². The van der Waals surface area contributed by atoms with Gasteiger partial charge in [0, 0.05) is 31.0 Å². The van der Waals surface area contributed by atoms with Crippen LogP contribution >= 0.6 is 11.6 Å². The highest BCUT2D eigenvalue weighted by Gasteiger charge is 2.26. The lowest BCUT2D eigenvalue weighted by molar-refractivity contribution is 0.0942. The Balaban J connectivity index is 1.29. The number of aromatic nitrogens is 2. The minimum absolute atomic E-state index is 0.0767. The molecule has 8 heteroatoms. The van der Waals surface area contributed by atoms with Gasteiger partial charge in [0.05, 0.1) is 23.9 Å². The maximum atomic E-state index is 12.8. The molecule has 1 aliphatic rings. The van der Waals surface area contributed by atoms with Crippen molar-refractivity contribution in [3.63, 3.8) is 0 Å². The zero-order valence-electron chi connectivity index (χ0n) is 23.4. The molecule has 0 aliphatic carbocycles. The number of hydrogen-bond donors (Lipinski definition) is 2. The summed E-state index contributed by atoms with van der Waals surface area (Å²) < 4.78 is 5.64. The molecule has 2 N–H and O–H groups in total. The molecule has 1 fully saturated rings. The normalized spacial score (nSPS) is 16.0. The van der Waals surface area contributed by atoms with Gasteiger partial charge in [0.2, 0.25) is 0 Å².